The van der Waals surface area contributed by atoms with Crippen LogP contribution in [0.15, 0.2) is 52.1 Å². The Morgan fingerprint density at radius 1 is 1.20 bits per heavy atom. The first-order valence-corrected chi connectivity index (χ1v) is 12.1. The zero-order chi connectivity index (χ0) is 24.2. The average molecular weight is 477 g/mol. The molecular formula is C25H28N6O4. The SMILES string of the molecule is CC1Nc2c(ncn(CC3(O)CCN(C(=O)c4cnc(C5CC5)o4)CC3)c2=O)N1c1ccccc1. The number of amides is 1. The van der Waals surface area contributed by atoms with Crippen LogP contribution in [0.2, 0.25) is 0 Å². The lowest BCUT2D eigenvalue weighted by atomic mass is 9.91. The minimum Gasteiger partial charge on any atom is -0.435 e. The predicted molar refractivity (Wildman–Crippen MR) is 129 cm³/mol. The molecule has 2 fully saturated rings. The smallest absolute Gasteiger partial charge is 0.291 e. The fourth-order valence-corrected chi connectivity index (χ4v) is 4.96. The summed E-state index contributed by atoms with van der Waals surface area (Å²) in [7, 11) is 0. The van der Waals surface area contributed by atoms with Crippen LogP contribution in [-0.2, 0) is 6.54 Å². The fraction of sp³-hybridized carbons (Fsp3) is 0.440. The Bertz CT molecular complexity index is 1310. The lowest BCUT2D eigenvalue weighted by Crippen LogP contribution is -2.49. The number of aromatic nitrogens is 3. The number of likely N-dealkylation sites (tertiary alicyclic amines) is 1. The summed E-state index contributed by atoms with van der Waals surface area (Å²) in [6, 6.07) is 9.79. The van der Waals surface area contributed by atoms with E-state index >= 15 is 0 Å². The van der Waals surface area contributed by atoms with Crippen molar-refractivity contribution >= 4 is 23.1 Å². The topological polar surface area (TPSA) is 117 Å². The van der Waals surface area contributed by atoms with Crippen molar-refractivity contribution < 1.29 is 14.3 Å². The largest absolute Gasteiger partial charge is 0.435 e. The second-order valence-corrected chi connectivity index (χ2v) is 9.76. The summed E-state index contributed by atoms with van der Waals surface area (Å²) < 4.78 is 7.11. The van der Waals surface area contributed by atoms with Crippen molar-refractivity contribution in [1.29, 1.82) is 0 Å². The van der Waals surface area contributed by atoms with Crippen LogP contribution < -0.4 is 15.8 Å². The molecule has 3 aromatic rings. The summed E-state index contributed by atoms with van der Waals surface area (Å²) in [6.45, 7) is 2.84. The van der Waals surface area contributed by atoms with Crippen LogP contribution in [0.1, 0.15) is 55.0 Å². The normalized spacial score (nSPS) is 21.0. The molecule has 182 valence electrons. The molecule has 3 aliphatic rings. The molecule has 0 bridgehead atoms. The van der Waals surface area contributed by atoms with E-state index in [9.17, 15) is 14.7 Å². The number of fused-ring (bicyclic) bond motifs is 1. The predicted octanol–water partition coefficient (Wildman–Crippen LogP) is 2.69. The first-order valence-electron chi connectivity index (χ1n) is 12.1. The van der Waals surface area contributed by atoms with Crippen LogP contribution in [0.3, 0.4) is 0 Å². The van der Waals surface area contributed by atoms with Gasteiger partial charge in [-0.3, -0.25) is 14.2 Å². The summed E-state index contributed by atoms with van der Waals surface area (Å²) in [6.07, 6.45) is 5.69. The number of benzene rings is 1. The van der Waals surface area contributed by atoms with Crippen molar-refractivity contribution in [2.24, 2.45) is 0 Å². The Labute approximate surface area is 202 Å². The summed E-state index contributed by atoms with van der Waals surface area (Å²) in [5.74, 6) is 1.61. The molecule has 0 radical (unpaired) electrons. The molecule has 2 aromatic heterocycles. The van der Waals surface area contributed by atoms with Crippen molar-refractivity contribution in [3.63, 3.8) is 0 Å². The number of nitrogens with zero attached hydrogens (tertiary/aromatic N) is 5. The second-order valence-electron chi connectivity index (χ2n) is 9.76. The van der Waals surface area contributed by atoms with E-state index in [1.54, 1.807) is 4.90 Å². The maximum atomic E-state index is 13.3. The monoisotopic (exact) mass is 476 g/mol. The Kier molecular flexibility index (Phi) is 5.14. The molecule has 6 rings (SSSR count). The van der Waals surface area contributed by atoms with Gasteiger partial charge in [0.25, 0.3) is 11.5 Å². The molecule has 2 aliphatic heterocycles. The van der Waals surface area contributed by atoms with Crippen molar-refractivity contribution in [1.82, 2.24) is 19.4 Å². The van der Waals surface area contributed by atoms with Gasteiger partial charge >= 0.3 is 0 Å². The highest BCUT2D eigenvalue weighted by Crippen LogP contribution is 2.39. The van der Waals surface area contributed by atoms with Crippen LogP contribution in [0.25, 0.3) is 0 Å². The second kappa shape index (κ2) is 8.23. The molecule has 1 saturated carbocycles. The Morgan fingerprint density at radius 3 is 2.66 bits per heavy atom. The van der Waals surface area contributed by atoms with E-state index in [0.29, 0.717) is 49.2 Å². The van der Waals surface area contributed by atoms with Crippen molar-refractivity contribution in [3.05, 3.63) is 64.9 Å². The molecule has 1 saturated heterocycles. The van der Waals surface area contributed by atoms with Gasteiger partial charge in [-0.2, -0.15) is 0 Å². The van der Waals surface area contributed by atoms with E-state index in [1.807, 2.05) is 42.2 Å². The third-order valence-corrected chi connectivity index (χ3v) is 7.13. The van der Waals surface area contributed by atoms with Gasteiger partial charge in [-0.15, -0.1) is 0 Å². The molecule has 2 N–H and O–H groups in total. The van der Waals surface area contributed by atoms with Crippen molar-refractivity contribution in [3.8, 4) is 0 Å². The van der Waals surface area contributed by atoms with Crippen LogP contribution in [0, 0.1) is 0 Å². The molecule has 10 heteroatoms. The van der Waals surface area contributed by atoms with E-state index in [2.05, 4.69) is 15.3 Å². The van der Waals surface area contributed by atoms with Gasteiger partial charge in [0, 0.05) is 24.7 Å². The maximum Gasteiger partial charge on any atom is 0.291 e. The quantitative estimate of drug-likeness (QED) is 0.577. The number of oxazole rings is 1. The van der Waals surface area contributed by atoms with E-state index in [4.69, 9.17) is 4.42 Å². The highest BCUT2D eigenvalue weighted by Gasteiger charge is 2.38. The molecule has 1 aliphatic carbocycles. The molecular weight excluding hydrogens is 448 g/mol. The Balaban J connectivity index is 1.15. The standard InChI is InChI=1S/C25H28N6O4/c1-16-28-20-21(31(16)18-5-3-2-4-6-18)27-15-30(24(20)33)14-25(34)9-11-29(12-10-25)23(32)19-13-26-22(35-19)17-7-8-17/h2-6,13,15-17,28,34H,7-12,14H2,1H3. The third-order valence-electron chi connectivity index (χ3n) is 7.13. The molecule has 1 amide bonds. The highest BCUT2D eigenvalue weighted by molar-refractivity contribution is 5.91. The number of aliphatic hydroxyl groups is 1. The van der Waals surface area contributed by atoms with Gasteiger partial charge in [-0.1, -0.05) is 18.2 Å². The van der Waals surface area contributed by atoms with Crippen LogP contribution in [-0.4, -0.2) is 55.3 Å². The molecule has 0 spiro atoms. The van der Waals surface area contributed by atoms with Crippen LogP contribution >= 0.6 is 0 Å². The number of piperidine rings is 1. The van der Waals surface area contributed by atoms with Crippen LogP contribution in [0.4, 0.5) is 17.2 Å². The number of anilines is 3. The molecule has 1 aromatic carbocycles. The van der Waals surface area contributed by atoms with Gasteiger partial charge in [0.1, 0.15) is 18.2 Å². The number of para-hydroxylation sites is 1. The average Bonchev–Trinajstić information content (AvgIpc) is 3.49. The van der Waals surface area contributed by atoms with Crippen molar-refractivity contribution in [2.75, 3.05) is 23.3 Å². The fourth-order valence-electron chi connectivity index (χ4n) is 4.96. The zero-order valence-corrected chi connectivity index (χ0v) is 19.6. The molecule has 4 heterocycles. The number of rotatable bonds is 5. The van der Waals surface area contributed by atoms with E-state index in [1.165, 1.54) is 17.1 Å². The van der Waals surface area contributed by atoms with Crippen LogP contribution in [0.5, 0.6) is 0 Å². The van der Waals surface area contributed by atoms with E-state index < -0.39 is 5.60 Å². The number of carbonyl (C=O) groups excluding carboxylic acids is 1. The van der Waals surface area contributed by atoms with Gasteiger partial charge in [0.05, 0.1) is 18.3 Å². The van der Waals surface area contributed by atoms with E-state index in [-0.39, 0.29) is 29.9 Å². The molecule has 10 nitrogen and oxygen atoms in total. The number of carbonyl (C=O) groups is 1. The highest BCUT2D eigenvalue weighted by atomic mass is 16.4. The van der Waals surface area contributed by atoms with Gasteiger partial charge in [0.2, 0.25) is 5.76 Å². The third kappa shape index (κ3) is 3.97. The summed E-state index contributed by atoms with van der Waals surface area (Å²) in [5, 5.41) is 14.5. The van der Waals surface area contributed by atoms with Gasteiger partial charge in [-0.05, 0) is 44.7 Å². The Hall–Kier alpha value is -3.66. The summed E-state index contributed by atoms with van der Waals surface area (Å²) in [4.78, 5) is 38.5. The lowest BCUT2D eigenvalue weighted by Gasteiger charge is -2.38. The lowest BCUT2D eigenvalue weighted by molar-refractivity contribution is -0.0305. The molecule has 1 atom stereocenters. The zero-order valence-electron chi connectivity index (χ0n) is 19.6. The number of nitrogens with one attached hydrogen (secondary N) is 1. The van der Waals surface area contributed by atoms with Crippen molar-refractivity contribution in [2.45, 2.75) is 56.8 Å². The first-order chi connectivity index (χ1) is 16.9. The molecule has 35 heavy (non-hydrogen) atoms. The first kappa shape index (κ1) is 21.8. The van der Waals surface area contributed by atoms with Gasteiger partial charge in [-0.25, -0.2) is 9.97 Å². The minimum absolute atomic E-state index is 0.115. The summed E-state index contributed by atoms with van der Waals surface area (Å²) >= 11 is 0. The maximum absolute atomic E-state index is 13.3. The summed E-state index contributed by atoms with van der Waals surface area (Å²) in [5.41, 5.74) is 0.0430. The number of hydrogen-bond acceptors (Lipinski definition) is 8. The number of hydrogen-bond donors (Lipinski definition) is 2. The minimum atomic E-state index is -1.11. The molecule has 1 unspecified atom stereocenters. The van der Waals surface area contributed by atoms with Gasteiger partial charge in [0.15, 0.2) is 11.7 Å². The van der Waals surface area contributed by atoms with E-state index in [0.717, 1.165) is 18.5 Å². The Morgan fingerprint density at radius 2 is 1.94 bits per heavy atom. The van der Waals surface area contributed by atoms with Gasteiger partial charge < -0.3 is 24.6 Å².